The quantitative estimate of drug-likeness (QED) is 0.421. The minimum absolute atomic E-state index is 0.340. The Balaban J connectivity index is 2.17. The van der Waals surface area contributed by atoms with Gasteiger partial charge in [0.25, 0.3) is 0 Å². The van der Waals surface area contributed by atoms with Crippen LogP contribution in [0.3, 0.4) is 0 Å². The van der Waals surface area contributed by atoms with Crippen LogP contribution in [0.25, 0.3) is 0 Å². The molecule has 2 aliphatic heterocycles. The number of allylic oxidation sites excluding steroid dienone is 3. The van der Waals surface area contributed by atoms with Crippen molar-refractivity contribution in [2.24, 2.45) is 0 Å². The molecule has 86 valence electrons. The van der Waals surface area contributed by atoms with Gasteiger partial charge < -0.3 is 4.74 Å². The number of ether oxygens (including phenoxy) is 1. The van der Waals surface area contributed by atoms with Crippen LogP contribution >= 0.6 is 11.8 Å². The Morgan fingerprint density at radius 3 is 2.88 bits per heavy atom. The topological polar surface area (TPSA) is 46.6 Å². The number of carbonyl (C=O) groups excluding carboxylic acids is 2. The number of hydrogen-bond acceptors (Lipinski definition) is 4. The molecule has 0 N–H and O–H groups in total. The molecule has 0 spiro atoms. The molecule has 16 heavy (non-hydrogen) atoms. The molecule has 0 radical (unpaired) electrons. The fourth-order valence-corrected chi connectivity index (χ4v) is 2.68. The number of cyclic esters (lactones) is 2. The van der Waals surface area contributed by atoms with E-state index in [1.54, 1.807) is 17.8 Å². The van der Waals surface area contributed by atoms with Gasteiger partial charge in [0.2, 0.25) is 0 Å². The van der Waals surface area contributed by atoms with Gasteiger partial charge >= 0.3 is 12.1 Å². The zero-order valence-corrected chi connectivity index (χ0v) is 9.88. The Morgan fingerprint density at radius 2 is 2.25 bits per heavy atom. The molecule has 0 aliphatic carbocycles. The number of thioether (sulfide) groups is 1. The van der Waals surface area contributed by atoms with Crippen LogP contribution in [-0.4, -0.2) is 29.3 Å². The van der Waals surface area contributed by atoms with E-state index < -0.39 is 12.1 Å². The lowest BCUT2D eigenvalue weighted by molar-refractivity contribution is -0.130. The number of rotatable bonds is 2. The lowest BCUT2D eigenvalue weighted by atomic mass is 10.3. The molecule has 0 bridgehead atoms. The molecule has 2 heterocycles. The molecule has 4 nitrogen and oxygen atoms in total. The van der Waals surface area contributed by atoms with Crippen LogP contribution in [0.4, 0.5) is 4.79 Å². The van der Waals surface area contributed by atoms with E-state index in [4.69, 9.17) is 0 Å². The van der Waals surface area contributed by atoms with Crippen molar-refractivity contribution in [1.82, 2.24) is 4.90 Å². The molecule has 2 fully saturated rings. The molecule has 0 unspecified atom stereocenters. The fourth-order valence-electron chi connectivity index (χ4n) is 1.68. The second-order valence-corrected chi connectivity index (χ2v) is 4.76. The summed E-state index contributed by atoms with van der Waals surface area (Å²) in [4.78, 5) is 25.2. The van der Waals surface area contributed by atoms with Gasteiger partial charge in [-0.1, -0.05) is 6.08 Å². The molecule has 0 aromatic heterocycles. The van der Waals surface area contributed by atoms with E-state index >= 15 is 0 Å². The van der Waals surface area contributed by atoms with E-state index in [9.17, 15) is 9.59 Å². The summed E-state index contributed by atoms with van der Waals surface area (Å²) in [6.45, 7) is 2.26. The summed E-state index contributed by atoms with van der Waals surface area (Å²) in [6, 6.07) is 0. The lowest BCUT2D eigenvalue weighted by Crippen LogP contribution is -2.22. The number of likely N-dealkylation sites (N-methyl/N-ethyl adjacent to an activating group) is 1. The average molecular weight is 239 g/mol. The smallest absolute Gasteiger partial charge is 0.371 e. The first-order valence-electron chi connectivity index (χ1n) is 5.29. The van der Waals surface area contributed by atoms with Gasteiger partial charge in [0.1, 0.15) is 5.70 Å². The predicted molar refractivity (Wildman–Crippen MR) is 61.7 cm³/mol. The molecule has 0 atom stereocenters. The molecular weight excluding hydrogens is 226 g/mol. The summed E-state index contributed by atoms with van der Waals surface area (Å²) in [7, 11) is 0. The lowest BCUT2D eigenvalue weighted by Gasteiger charge is -2.08. The third-order valence-corrected chi connectivity index (χ3v) is 3.70. The van der Waals surface area contributed by atoms with Crippen molar-refractivity contribution >= 4 is 23.8 Å². The van der Waals surface area contributed by atoms with Crippen molar-refractivity contribution in [3.05, 3.63) is 22.8 Å². The Kier molecular flexibility index (Phi) is 3.33. The summed E-state index contributed by atoms with van der Waals surface area (Å²) in [5.41, 5.74) is 0.340. The van der Waals surface area contributed by atoms with E-state index in [2.05, 4.69) is 4.74 Å². The first kappa shape index (κ1) is 11.3. The molecule has 0 aromatic rings. The first-order chi connectivity index (χ1) is 7.72. The summed E-state index contributed by atoms with van der Waals surface area (Å²) in [6.07, 6.45) is 5.26. The summed E-state index contributed by atoms with van der Waals surface area (Å²) in [5.74, 6) is 0.585. The Morgan fingerprint density at radius 1 is 1.44 bits per heavy atom. The highest BCUT2D eigenvalue weighted by molar-refractivity contribution is 8.03. The normalized spacial score (nSPS) is 25.9. The van der Waals surface area contributed by atoms with Gasteiger partial charge in [-0.25, -0.2) is 9.59 Å². The largest absolute Gasteiger partial charge is 0.422 e. The van der Waals surface area contributed by atoms with Gasteiger partial charge in [0.05, 0.1) is 0 Å². The number of esters is 1. The average Bonchev–Trinajstić information content (AvgIpc) is 2.83. The van der Waals surface area contributed by atoms with Crippen LogP contribution in [0.1, 0.15) is 19.8 Å². The SMILES string of the molecule is CCN1C(=O)OC(=O)/C1=C\C=C1\CCCS1. The highest BCUT2D eigenvalue weighted by Gasteiger charge is 2.34. The van der Waals surface area contributed by atoms with Gasteiger partial charge in [0.15, 0.2) is 0 Å². The van der Waals surface area contributed by atoms with Crippen LogP contribution in [0.5, 0.6) is 0 Å². The van der Waals surface area contributed by atoms with Crippen LogP contribution in [0, 0.1) is 0 Å². The van der Waals surface area contributed by atoms with Crippen molar-refractivity contribution in [2.45, 2.75) is 19.8 Å². The first-order valence-corrected chi connectivity index (χ1v) is 6.28. The van der Waals surface area contributed by atoms with Crippen LogP contribution < -0.4 is 0 Å². The monoisotopic (exact) mass is 239 g/mol. The highest BCUT2D eigenvalue weighted by Crippen LogP contribution is 2.30. The van der Waals surface area contributed by atoms with Crippen molar-refractivity contribution in [3.63, 3.8) is 0 Å². The molecule has 0 saturated carbocycles. The maximum atomic E-state index is 11.4. The standard InChI is InChI=1S/C11H13NO3S/c1-2-12-9(10(13)15-11(12)14)6-5-8-4-3-7-16-8/h5-6H,2-4,7H2,1H3/b8-5-,9-6+. The fraction of sp³-hybridized carbons (Fsp3) is 0.455. The van der Waals surface area contributed by atoms with Gasteiger partial charge in [0, 0.05) is 6.54 Å². The van der Waals surface area contributed by atoms with E-state index in [1.165, 1.54) is 16.2 Å². The summed E-state index contributed by atoms with van der Waals surface area (Å²) in [5, 5.41) is 0. The van der Waals surface area contributed by atoms with Gasteiger partial charge in [-0.3, -0.25) is 4.90 Å². The molecule has 2 aliphatic rings. The zero-order valence-electron chi connectivity index (χ0n) is 9.06. The van der Waals surface area contributed by atoms with Crippen molar-refractivity contribution in [1.29, 1.82) is 0 Å². The summed E-state index contributed by atoms with van der Waals surface area (Å²) < 4.78 is 4.54. The second-order valence-electron chi connectivity index (χ2n) is 3.54. The van der Waals surface area contributed by atoms with E-state index in [0.29, 0.717) is 12.2 Å². The molecule has 5 heteroatoms. The van der Waals surface area contributed by atoms with Crippen molar-refractivity contribution < 1.29 is 14.3 Å². The van der Waals surface area contributed by atoms with Crippen LogP contribution in [0.15, 0.2) is 22.8 Å². The highest BCUT2D eigenvalue weighted by atomic mass is 32.2. The molecule has 2 rings (SSSR count). The van der Waals surface area contributed by atoms with E-state index in [0.717, 1.165) is 12.2 Å². The maximum absolute atomic E-state index is 11.4. The Bertz CT molecular complexity index is 379. The minimum Gasteiger partial charge on any atom is -0.371 e. The second kappa shape index (κ2) is 4.74. The molecule has 0 aromatic carbocycles. The van der Waals surface area contributed by atoms with Crippen molar-refractivity contribution in [3.8, 4) is 0 Å². The van der Waals surface area contributed by atoms with Gasteiger partial charge in [-0.05, 0) is 36.5 Å². The minimum atomic E-state index is -0.573. The maximum Gasteiger partial charge on any atom is 0.422 e. The third-order valence-electron chi connectivity index (χ3n) is 2.50. The predicted octanol–water partition coefficient (Wildman–Crippen LogP) is 2.28. The van der Waals surface area contributed by atoms with Crippen LogP contribution in [0.2, 0.25) is 0 Å². The molecular formula is C11H13NO3S. The summed E-state index contributed by atoms with van der Waals surface area (Å²) >= 11 is 1.80. The van der Waals surface area contributed by atoms with E-state index in [-0.39, 0.29) is 0 Å². The zero-order chi connectivity index (χ0) is 11.5. The third kappa shape index (κ3) is 2.14. The number of amides is 1. The van der Waals surface area contributed by atoms with E-state index in [1.807, 2.05) is 13.0 Å². The number of carbonyl (C=O) groups is 2. The molecule has 1 amide bonds. The number of nitrogens with zero attached hydrogens (tertiary/aromatic N) is 1. The Labute approximate surface area is 98.3 Å². The van der Waals surface area contributed by atoms with Gasteiger partial charge in [-0.2, -0.15) is 0 Å². The van der Waals surface area contributed by atoms with Crippen molar-refractivity contribution in [2.75, 3.05) is 12.3 Å². The number of hydrogen-bond donors (Lipinski definition) is 0. The van der Waals surface area contributed by atoms with Gasteiger partial charge in [-0.15, -0.1) is 11.8 Å². The van der Waals surface area contributed by atoms with Crippen LogP contribution in [-0.2, 0) is 9.53 Å². The molecule has 2 saturated heterocycles. The Hall–Kier alpha value is -1.23.